The lowest BCUT2D eigenvalue weighted by Gasteiger charge is -2.00. The topological polar surface area (TPSA) is 91.2 Å². The number of non-ortho nitro benzene ring substituents is 1. The van der Waals surface area contributed by atoms with Crippen LogP contribution < -0.4 is 11.3 Å². The number of nitro benzene ring substituents is 1. The van der Waals surface area contributed by atoms with Crippen LogP contribution in [0.1, 0.15) is 25.7 Å². The molecule has 0 saturated carbocycles. The number of benzene rings is 1. The van der Waals surface area contributed by atoms with E-state index < -0.39 is 4.92 Å². The fraction of sp³-hybridized carbons (Fsp3) is 0.462. The van der Waals surface area contributed by atoms with Gasteiger partial charge in [-0.1, -0.05) is 24.4 Å². The van der Waals surface area contributed by atoms with E-state index in [1.807, 2.05) is 0 Å². The highest BCUT2D eigenvalue weighted by Crippen LogP contribution is 2.22. The molecule has 0 atom stereocenters. The number of aryl methyl sites for hydroxylation is 1. The van der Waals surface area contributed by atoms with Crippen LogP contribution >= 0.6 is 11.5 Å². The number of nitro groups is 1. The van der Waals surface area contributed by atoms with E-state index in [2.05, 4.69) is 0 Å². The zero-order chi connectivity index (χ0) is 14.5. The summed E-state index contributed by atoms with van der Waals surface area (Å²) in [7, 11) is 0. The van der Waals surface area contributed by atoms with Crippen LogP contribution in [0, 0.1) is 10.1 Å². The van der Waals surface area contributed by atoms with Crippen molar-refractivity contribution in [3.05, 3.63) is 38.7 Å². The first-order chi connectivity index (χ1) is 9.63. The molecule has 108 valence electrons. The van der Waals surface area contributed by atoms with E-state index in [1.165, 1.54) is 23.7 Å². The van der Waals surface area contributed by atoms with Gasteiger partial charge in [0, 0.05) is 18.7 Å². The van der Waals surface area contributed by atoms with Gasteiger partial charge < -0.3 is 5.73 Å². The monoisotopic (exact) mass is 295 g/mol. The Hall–Kier alpha value is -1.73. The highest BCUT2D eigenvalue weighted by Gasteiger charge is 2.12. The average molecular weight is 295 g/mol. The van der Waals surface area contributed by atoms with Gasteiger partial charge in [-0.05, 0) is 25.5 Å². The molecule has 2 aromatic rings. The summed E-state index contributed by atoms with van der Waals surface area (Å²) in [4.78, 5) is 22.4. The minimum absolute atomic E-state index is 0.0394. The van der Waals surface area contributed by atoms with Crippen molar-refractivity contribution in [1.29, 1.82) is 0 Å². The third-order valence-corrected chi connectivity index (χ3v) is 4.28. The van der Waals surface area contributed by atoms with Crippen molar-refractivity contribution in [3.8, 4) is 0 Å². The molecule has 0 bridgehead atoms. The number of rotatable bonds is 7. The molecule has 0 saturated heterocycles. The van der Waals surface area contributed by atoms with Crippen LogP contribution in [0.5, 0.6) is 0 Å². The molecule has 1 heterocycles. The number of hydrogen-bond donors (Lipinski definition) is 1. The first-order valence-corrected chi connectivity index (χ1v) is 7.39. The second-order valence-corrected chi connectivity index (χ2v) is 5.70. The van der Waals surface area contributed by atoms with Gasteiger partial charge in [-0.25, -0.2) is 0 Å². The molecule has 1 aromatic carbocycles. The maximum absolute atomic E-state index is 12.2. The maximum Gasteiger partial charge on any atom is 0.270 e. The van der Waals surface area contributed by atoms with Crippen LogP contribution in [0.2, 0.25) is 0 Å². The normalized spacial score (nSPS) is 11.1. The Morgan fingerprint density at radius 2 is 2.00 bits per heavy atom. The third kappa shape index (κ3) is 3.23. The van der Waals surface area contributed by atoms with E-state index in [4.69, 9.17) is 5.73 Å². The lowest BCUT2D eigenvalue weighted by Crippen LogP contribution is -2.13. The summed E-state index contributed by atoms with van der Waals surface area (Å²) in [6.07, 6.45) is 4.04. The predicted octanol–water partition coefficient (Wildman–Crippen LogP) is 2.49. The third-order valence-electron chi connectivity index (χ3n) is 3.15. The van der Waals surface area contributed by atoms with E-state index in [0.717, 1.165) is 30.4 Å². The minimum atomic E-state index is -0.478. The zero-order valence-electron chi connectivity index (χ0n) is 11.1. The van der Waals surface area contributed by atoms with Gasteiger partial charge in [-0.3, -0.25) is 18.9 Å². The first kappa shape index (κ1) is 14.7. The Morgan fingerprint density at radius 3 is 2.70 bits per heavy atom. The molecular formula is C13H17N3O3S. The summed E-state index contributed by atoms with van der Waals surface area (Å²) in [5.74, 6) is 0. The van der Waals surface area contributed by atoms with Gasteiger partial charge in [0.15, 0.2) is 0 Å². The van der Waals surface area contributed by atoms with Crippen molar-refractivity contribution in [2.75, 3.05) is 6.54 Å². The molecular weight excluding hydrogens is 278 g/mol. The molecule has 0 radical (unpaired) electrons. The average Bonchev–Trinajstić information content (AvgIpc) is 2.75. The number of fused-ring (bicyclic) bond motifs is 1. The predicted molar refractivity (Wildman–Crippen MR) is 80.3 cm³/mol. The van der Waals surface area contributed by atoms with Crippen LogP contribution in [0.3, 0.4) is 0 Å². The summed E-state index contributed by atoms with van der Waals surface area (Å²) >= 11 is 1.36. The van der Waals surface area contributed by atoms with Gasteiger partial charge in [0.2, 0.25) is 0 Å². The smallest absolute Gasteiger partial charge is 0.270 e. The molecule has 2 rings (SSSR count). The maximum atomic E-state index is 12.2. The molecule has 0 aliphatic heterocycles. The van der Waals surface area contributed by atoms with Gasteiger partial charge in [-0.2, -0.15) is 0 Å². The summed E-state index contributed by atoms with van der Waals surface area (Å²) < 4.78 is 2.47. The SMILES string of the molecule is NCCCCCCn1sc2ccc([N+](=O)[O-])cc2c1=O. The highest BCUT2D eigenvalue weighted by molar-refractivity contribution is 7.13. The Morgan fingerprint density at radius 1 is 1.25 bits per heavy atom. The van der Waals surface area contributed by atoms with Crippen LogP contribution in [0.15, 0.2) is 23.0 Å². The van der Waals surface area contributed by atoms with Crippen LogP contribution in [0.4, 0.5) is 5.69 Å². The molecule has 0 unspecified atom stereocenters. The van der Waals surface area contributed by atoms with Crippen molar-refractivity contribution in [2.24, 2.45) is 5.73 Å². The molecule has 1 aromatic heterocycles. The summed E-state index contributed by atoms with van der Waals surface area (Å²) in [6.45, 7) is 1.36. The van der Waals surface area contributed by atoms with Crippen molar-refractivity contribution in [3.63, 3.8) is 0 Å². The van der Waals surface area contributed by atoms with Crippen molar-refractivity contribution < 1.29 is 4.92 Å². The Balaban J connectivity index is 2.13. The van der Waals surface area contributed by atoms with E-state index in [0.29, 0.717) is 18.5 Å². The molecule has 6 nitrogen and oxygen atoms in total. The second-order valence-electron chi connectivity index (χ2n) is 4.64. The molecule has 0 aliphatic rings. The number of hydrogen-bond acceptors (Lipinski definition) is 5. The lowest BCUT2D eigenvalue weighted by atomic mass is 10.2. The van der Waals surface area contributed by atoms with Crippen LogP contribution in [-0.4, -0.2) is 15.4 Å². The Kier molecular flexibility index (Phi) is 4.86. The van der Waals surface area contributed by atoms with E-state index in [1.54, 1.807) is 10.0 Å². The summed E-state index contributed by atoms with van der Waals surface area (Å²) in [6, 6.07) is 4.44. The molecule has 0 spiro atoms. The second kappa shape index (κ2) is 6.62. The fourth-order valence-corrected chi connectivity index (χ4v) is 3.09. The van der Waals surface area contributed by atoms with E-state index in [-0.39, 0.29) is 11.2 Å². The number of unbranched alkanes of at least 4 members (excludes halogenated alkanes) is 3. The number of aromatic nitrogens is 1. The molecule has 0 aliphatic carbocycles. The van der Waals surface area contributed by atoms with Crippen LogP contribution in [0.25, 0.3) is 10.1 Å². The molecule has 20 heavy (non-hydrogen) atoms. The van der Waals surface area contributed by atoms with Crippen molar-refractivity contribution >= 4 is 27.3 Å². The lowest BCUT2D eigenvalue weighted by molar-refractivity contribution is -0.384. The summed E-state index contributed by atoms with van der Waals surface area (Å²) in [5.41, 5.74) is 5.26. The first-order valence-electron chi connectivity index (χ1n) is 6.62. The molecule has 2 N–H and O–H groups in total. The Labute approximate surface area is 120 Å². The fourth-order valence-electron chi connectivity index (χ4n) is 2.07. The molecule has 0 fully saturated rings. The minimum Gasteiger partial charge on any atom is -0.330 e. The standard InChI is InChI=1S/C13H17N3O3S/c14-7-3-1-2-4-8-15-13(17)11-9-10(16(18)19)5-6-12(11)20-15/h5-6,9H,1-4,7-8,14H2. The summed E-state index contributed by atoms with van der Waals surface area (Å²) in [5, 5.41) is 11.2. The Bertz CT molecular complexity index is 662. The quantitative estimate of drug-likeness (QED) is 0.482. The molecule has 7 heteroatoms. The van der Waals surface area contributed by atoms with Crippen LogP contribution in [-0.2, 0) is 6.54 Å². The highest BCUT2D eigenvalue weighted by atomic mass is 32.1. The number of nitrogens with two attached hydrogens (primary N) is 1. The van der Waals surface area contributed by atoms with E-state index in [9.17, 15) is 14.9 Å². The number of nitrogens with zero attached hydrogens (tertiary/aromatic N) is 2. The van der Waals surface area contributed by atoms with Gasteiger partial charge >= 0.3 is 0 Å². The van der Waals surface area contributed by atoms with E-state index >= 15 is 0 Å². The van der Waals surface area contributed by atoms with Gasteiger partial charge in [-0.15, -0.1) is 0 Å². The van der Waals surface area contributed by atoms with Crippen molar-refractivity contribution in [2.45, 2.75) is 32.2 Å². The zero-order valence-corrected chi connectivity index (χ0v) is 11.9. The molecule has 0 amide bonds. The largest absolute Gasteiger partial charge is 0.330 e. The van der Waals surface area contributed by atoms with Gasteiger partial charge in [0.1, 0.15) is 0 Å². The van der Waals surface area contributed by atoms with Gasteiger partial charge in [0.25, 0.3) is 11.2 Å². The van der Waals surface area contributed by atoms with Crippen molar-refractivity contribution in [1.82, 2.24) is 3.96 Å². The van der Waals surface area contributed by atoms with Gasteiger partial charge in [0.05, 0.1) is 15.0 Å².